The Hall–Kier alpha value is -0.160. The van der Waals surface area contributed by atoms with Gasteiger partial charge in [-0.15, -0.1) is 0 Å². The SMILES string of the molecule is NNC(CC1CCC1)c1ccc(Br)c(Cl)c1F. The van der Waals surface area contributed by atoms with E-state index in [9.17, 15) is 4.39 Å². The van der Waals surface area contributed by atoms with Crippen molar-refractivity contribution in [2.45, 2.75) is 31.7 Å². The van der Waals surface area contributed by atoms with Crippen LogP contribution in [-0.4, -0.2) is 0 Å². The molecule has 1 unspecified atom stereocenters. The van der Waals surface area contributed by atoms with Gasteiger partial charge in [0.25, 0.3) is 0 Å². The van der Waals surface area contributed by atoms with Crippen molar-refractivity contribution in [3.05, 3.63) is 33.0 Å². The summed E-state index contributed by atoms with van der Waals surface area (Å²) in [5.74, 6) is 5.78. The highest BCUT2D eigenvalue weighted by Gasteiger charge is 2.25. The van der Waals surface area contributed by atoms with Crippen molar-refractivity contribution in [1.29, 1.82) is 0 Å². The van der Waals surface area contributed by atoms with Gasteiger partial charge in [0.15, 0.2) is 0 Å². The minimum Gasteiger partial charge on any atom is -0.271 e. The Morgan fingerprint density at radius 3 is 2.76 bits per heavy atom. The Morgan fingerprint density at radius 1 is 1.53 bits per heavy atom. The van der Waals surface area contributed by atoms with E-state index in [0.717, 1.165) is 6.42 Å². The summed E-state index contributed by atoms with van der Waals surface area (Å²) in [4.78, 5) is 0. The lowest BCUT2D eigenvalue weighted by Crippen LogP contribution is -2.31. The lowest BCUT2D eigenvalue weighted by Gasteiger charge is -2.29. The summed E-state index contributed by atoms with van der Waals surface area (Å²) in [7, 11) is 0. The number of rotatable bonds is 4. The van der Waals surface area contributed by atoms with E-state index in [1.165, 1.54) is 19.3 Å². The Balaban J connectivity index is 2.20. The second kappa shape index (κ2) is 5.65. The standard InChI is InChI=1S/C12H15BrClFN2/c13-9-5-4-8(12(15)11(9)14)10(17-16)6-7-2-1-3-7/h4-5,7,10,17H,1-3,6,16H2. The van der Waals surface area contributed by atoms with Crippen molar-refractivity contribution in [3.8, 4) is 0 Å². The van der Waals surface area contributed by atoms with Gasteiger partial charge in [-0.2, -0.15) is 0 Å². The quantitative estimate of drug-likeness (QED) is 0.501. The van der Waals surface area contributed by atoms with E-state index in [-0.39, 0.29) is 16.9 Å². The van der Waals surface area contributed by atoms with E-state index in [4.69, 9.17) is 17.4 Å². The van der Waals surface area contributed by atoms with Crippen LogP contribution in [0.1, 0.15) is 37.3 Å². The summed E-state index contributed by atoms with van der Waals surface area (Å²) in [5, 5.41) is 0.122. The molecule has 0 heterocycles. The van der Waals surface area contributed by atoms with Gasteiger partial charge in [0.05, 0.1) is 5.02 Å². The molecule has 0 aliphatic heterocycles. The molecule has 0 saturated heterocycles. The maximum Gasteiger partial charge on any atom is 0.147 e. The topological polar surface area (TPSA) is 38.0 Å². The molecule has 1 aliphatic carbocycles. The first-order chi connectivity index (χ1) is 8.13. The first-order valence-electron chi connectivity index (χ1n) is 5.73. The van der Waals surface area contributed by atoms with Crippen LogP contribution in [-0.2, 0) is 0 Å². The van der Waals surface area contributed by atoms with Gasteiger partial charge in [-0.3, -0.25) is 11.3 Å². The van der Waals surface area contributed by atoms with Gasteiger partial charge in [0, 0.05) is 16.1 Å². The molecule has 2 nitrogen and oxygen atoms in total. The van der Waals surface area contributed by atoms with Crippen LogP contribution in [0.2, 0.25) is 5.02 Å². The first-order valence-corrected chi connectivity index (χ1v) is 6.90. The minimum atomic E-state index is -0.386. The van der Waals surface area contributed by atoms with Crippen molar-refractivity contribution in [1.82, 2.24) is 5.43 Å². The van der Waals surface area contributed by atoms with E-state index >= 15 is 0 Å². The molecule has 0 spiro atoms. The van der Waals surface area contributed by atoms with Crippen LogP contribution < -0.4 is 11.3 Å². The molecule has 1 aliphatic rings. The second-order valence-electron chi connectivity index (χ2n) is 4.52. The maximum atomic E-state index is 14.0. The van der Waals surface area contributed by atoms with Crippen LogP contribution in [0.15, 0.2) is 16.6 Å². The highest BCUT2D eigenvalue weighted by Crippen LogP contribution is 2.37. The molecule has 0 amide bonds. The average Bonchev–Trinajstić information content (AvgIpc) is 2.27. The molecular formula is C12H15BrClFN2. The number of nitrogens with two attached hydrogens (primary N) is 1. The summed E-state index contributed by atoms with van der Waals surface area (Å²) in [6, 6.07) is 3.33. The van der Waals surface area contributed by atoms with Crippen molar-refractivity contribution in [3.63, 3.8) is 0 Å². The van der Waals surface area contributed by atoms with Crippen LogP contribution in [0.25, 0.3) is 0 Å². The molecule has 1 fully saturated rings. The fraction of sp³-hybridized carbons (Fsp3) is 0.500. The van der Waals surface area contributed by atoms with Gasteiger partial charge in [0.1, 0.15) is 5.82 Å². The fourth-order valence-corrected chi connectivity index (χ4v) is 2.63. The molecule has 94 valence electrons. The Labute approximate surface area is 114 Å². The Kier molecular flexibility index (Phi) is 4.42. The van der Waals surface area contributed by atoms with E-state index in [0.29, 0.717) is 16.0 Å². The Bertz CT molecular complexity index is 410. The molecule has 17 heavy (non-hydrogen) atoms. The van der Waals surface area contributed by atoms with E-state index < -0.39 is 0 Å². The van der Waals surface area contributed by atoms with Gasteiger partial charge in [0.2, 0.25) is 0 Å². The normalized spacial score (nSPS) is 17.9. The molecule has 0 radical (unpaired) electrons. The minimum absolute atomic E-state index is 0.122. The molecule has 5 heteroatoms. The van der Waals surface area contributed by atoms with Crippen molar-refractivity contribution < 1.29 is 4.39 Å². The predicted molar refractivity (Wildman–Crippen MR) is 71.1 cm³/mol. The van der Waals surface area contributed by atoms with Crippen LogP contribution in [0.4, 0.5) is 4.39 Å². The monoisotopic (exact) mass is 320 g/mol. The van der Waals surface area contributed by atoms with Crippen LogP contribution in [0, 0.1) is 11.7 Å². The zero-order valence-corrected chi connectivity index (χ0v) is 11.7. The number of nitrogens with one attached hydrogen (secondary N) is 1. The van der Waals surface area contributed by atoms with Crippen molar-refractivity contribution in [2.24, 2.45) is 11.8 Å². The number of hydrogen-bond acceptors (Lipinski definition) is 2. The van der Waals surface area contributed by atoms with Gasteiger partial charge in [-0.05, 0) is 34.3 Å². The summed E-state index contributed by atoms with van der Waals surface area (Å²) in [5.41, 5.74) is 3.24. The summed E-state index contributed by atoms with van der Waals surface area (Å²) < 4.78 is 14.6. The zero-order valence-electron chi connectivity index (χ0n) is 9.35. The molecule has 1 atom stereocenters. The second-order valence-corrected chi connectivity index (χ2v) is 5.75. The third-order valence-electron chi connectivity index (χ3n) is 3.44. The van der Waals surface area contributed by atoms with Gasteiger partial charge in [-0.1, -0.05) is 36.9 Å². The number of halogens is 3. The lowest BCUT2D eigenvalue weighted by atomic mass is 9.79. The summed E-state index contributed by atoms with van der Waals surface area (Å²) >= 11 is 9.08. The van der Waals surface area contributed by atoms with E-state index in [1.807, 2.05) is 0 Å². The van der Waals surface area contributed by atoms with Gasteiger partial charge >= 0.3 is 0 Å². The average molecular weight is 322 g/mol. The molecule has 3 N–H and O–H groups in total. The predicted octanol–water partition coefficient (Wildman–Crippen LogP) is 3.94. The number of benzene rings is 1. The molecule has 0 bridgehead atoms. The van der Waals surface area contributed by atoms with E-state index in [1.54, 1.807) is 12.1 Å². The van der Waals surface area contributed by atoms with Crippen molar-refractivity contribution in [2.75, 3.05) is 0 Å². The third kappa shape index (κ3) is 2.81. The highest BCUT2D eigenvalue weighted by atomic mass is 79.9. The van der Waals surface area contributed by atoms with Crippen molar-refractivity contribution >= 4 is 27.5 Å². The van der Waals surface area contributed by atoms with Crippen LogP contribution in [0.3, 0.4) is 0 Å². The molecule has 1 aromatic rings. The molecule has 1 saturated carbocycles. The zero-order chi connectivity index (χ0) is 12.4. The van der Waals surface area contributed by atoms with Gasteiger partial charge in [-0.25, -0.2) is 4.39 Å². The highest BCUT2D eigenvalue weighted by molar-refractivity contribution is 9.10. The molecular weight excluding hydrogens is 307 g/mol. The van der Waals surface area contributed by atoms with E-state index in [2.05, 4.69) is 21.4 Å². The lowest BCUT2D eigenvalue weighted by molar-refractivity contribution is 0.259. The Morgan fingerprint density at radius 2 is 2.24 bits per heavy atom. The first kappa shape index (κ1) is 13.3. The number of hydrogen-bond donors (Lipinski definition) is 2. The number of hydrazine groups is 1. The third-order valence-corrected chi connectivity index (χ3v) is 4.69. The molecule has 0 aromatic heterocycles. The molecule has 2 rings (SSSR count). The summed E-state index contributed by atoms with van der Waals surface area (Å²) in [6.07, 6.45) is 4.56. The van der Waals surface area contributed by atoms with Gasteiger partial charge < -0.3 is 0 Å². The molecule has 1 aromatic carbocycles. The van der Waals surface area contributed by atoms with Crippen LogP contribution in [0.5, 0.6) is 0 Å². The summed E-state index contributed by atoms with van der Waals surface area (Å²) in [6.45, 7) is 0. The smallest absolute Gasteiger partial charge is 0.147 e. The fourth-order valence-electron chi connectivity index (χ4n) is 2.16. The maximum absolute atomic E-state index is 14.0. The van der Waals surface area contributed by atoms with Crippen LogP contribution >= 0.6 is 27.5 Å². The largest absolute Gasteiger partial charge is 0.271 e.